The largest absolute Gasteiger partial charge is 0.369 e. The highest BCUT2D eigenvalue weighted by atomic mass is 16.1. The van der Waals surface area contributed by atoms with Crippen molar-refractivity contribution in [3.05, 3.63) is 89.0 Å². The van der Waals surface area contributed by atoms with Crippen molar-refractivity contribution in [3.63, 3.8) is 0 Å². The summed E-state index contributed by atoms with van der Waals surface area (Å²) in [7, 11) is 0. The molecule has 126 valence electrons. The second kappa shape index (κ2) is 6.36. The van der Waals surface area contributed by atoms with Crippen LogP contribution in [-0.2, 0) is 16.6 Å². The smallest absolute Gasteiger partial charge is 0.232 e. The molecule has 1 unspecified atom stereocenters. The molecule has 25 heavy (non-hydrogen) atoms. The average molecular weight is 329 g/mol. The third-order valence-electron chi connectivity index (χ3n) is 5.57. The van der Waals surface area contributed by atoms with Crippen LogP contribution in [-0.4, -0.2) is 5.91 Å². The lowest BCUT2D eigenvalue weighted by molar-refractivity contribution is -0.122. The lowest BCUT2D eigenvalue weighted by Gasteiger charge is -2.30. The minimum atomic E-state index is -0.669. The van der Waals surface area contributed by atoms with Crippen molar-refractivity contribution >= 4 is 11.5 Å². The number of fused-ring (bicyclic) bond motifs is 3. The average Bonchev–Trinajstić information content (AvgIpc) is 2.94. The van der Waals surface area contributed by atoms with Crippen molar-refractivity contribution in [2.24, 2.45) is 5.73 Å². The minimum Gasteiger partial charge on any atom is -0.369 e. The predicted octanol–water partition coefficient (Wildman–Crippen LogP) is 4.55. The molecule has 1 amide bonds. The van der Waals surface area contributed by atoms with Crippen LogP contribution in [0.5, 0.6) is 0 Å². The number of amides is 1. The maximum absolute atomic E-state index is 12.7. The van der Waals surface area contributed by atoms with Gasteiger partial charge < -0.3 is 5.73 Å². The summed E-state index contributed by atoms with van der Waals surface area (Å²) in [6.45, 7) is 0. The number of aryl methyl sites for hydroxylation is 1. The second-order valence-electron chi connectivity index (χ2n) is 6.97. The molecular weight excluding hydrogens is 306 g/mol. The molecule has 2 nitrogen and oxygen atoms in total. The van der Waals surface area contributed by atoms with E-state index in [2.05, 4.69) is 48.6 Å². The summed E-state index contributed by atoms with van der Waals surface area (Å²) in [5.74, 6) is -0.218. The zero-order valence-electron chi connectivity index (χ0n) is 14.4. The fraction of sp³-hybridized carbons (Fsp3) is 0.261. The van der Waals surface area contributed by atoms with Crippen LogP contribution in [0.4, 0.5) is 0 Å². The van der Waals surface area contributed by atoms with Crippen molar-refractivity contribution in [3.8, 4) is 0 Å². The van der Waals surface area contributed by atoms with Crippen LogP contribution in [0.1, 0.15) is 42.4 Å². The first-order valence-corrected chi connectivity index (χ1v) is 9.08. The van der Waals surface area contributed by atoms with Crippen LogP contribution in [0.15, 0.2) is 72.3 Å². The summed E-state index contributed by atoms with van der Waals surface area (Å²) >= 11 is 0. The monoisotopic (exact) mass is 329 g/mol. The summed E-state index contributed by atoms with van der Waals surface area (Å²) in [5, 5.41) is 0. The van der Waals surface area contributed by atoms with E-state index >= 15 is 0 Å². The number of hydrogen-bond acceptors (Lipinski definition) is 1. The molecular formula is C23H23NO. The Kier molecular flexibility index (Phi) is 4.04. The van der Waals surface area contributed by atoms with Gasteiger partial charge in [-0.05, 0) is 59.9 Å². The summed E-state index contributed by atoms with van der Waals surface area (Å²) in [6, 6.07) is 18.7. The number of carbonyl (C=O) groups excluding carboxylic acids is 1. The number of nitrogens with two attached hydrogens (primary N) is 1. The molecule has 2 heteroatoms. The Morgan fingerprint density at radius 2 is 1.68 bits per heavy atom. The fourth-order valence-electron chi connectivity index (χ4n) is 4.43. The van der Waals surface area contributed by atoms with Gasteiger partial charge in [0.2, 0.25) is 5.91 Å². The number of allylic oxidation sites excluding steroid dienone is 3. The molecule has 2 aromatic rings. The molecule has 0 saturated carbocycles. The van der Waals surface area contributed by atoms with Gasteiger partial charge in [-0.1, -0.05) is 66.7 Å². The van der Waals surface area contributed by atoms with Gasteiger partial charge in [-0.15, -0.1) is 0 Å². The first-order chi connectivity index (χ1) is 12.2. The molecule has 0 fully saturated rings. The molecule has 0 spiro atoms. The Bertz CT molecular complexity index is 863. The number of hydrogen-bond donors (Lipinski definition) is 1. The van der Waals surface area contributed by atoms with Crippen LogP contribution in [0, 0.1) is 0 Å². The highest BCUT2D eigenvalue weighted by Crippen LogP contribution is 2.53. The van der Waals surface area contributed by atoms with Crippen LogP contribution in [0.2, 0.25) is 0 Å². The van der Waals surface area contributed by atoms with E-state index < -0.39 is 5.41 Å². The standard InChI is InChI=1S/C23H23NO/c24-22(25)23(16-8-11-17-9-2-1-3-10-17)20-14-6-4-12-18(20)19-13-5-7-15-21(19)23/h1-4,6,9-10,12-15H,5,7-8,11,16H2,(H2,24,25). The van der Waals surface area contributed by atoms with Crippen LogP contribution in [0.25, 0.3) is 5.57 Å². The van der Waals surface area contributed by atoms with E-state index in [0.717, 1.165) is 43.2 Å². The molecule has 2 aromatic carbocycles. The molecule has 4 rings (SSSR count). The third-order valence-corrected chi connectivity index (χ3v) is 5.57. The Morgan fingerprint density at radius 1 is 0.960 bits per heavy atom. The van der Waals surface area contributed by atoms with Gasteiger partial charge in [-0.25, -0.2) is 0 Å². The summed E-state index contributed by atoms with van der Waals surface area (Å²) in [6.07, 6.45) is 9.19. The lowest BCUT2D eigenvalue weighted by atomic mass is 9.72. The van der Waals surface area contributed by atoms with Gasteiger partial charge in [0, 0.05) is 0 Å². The quantitative estimate of drug-likeness (QED) is 0.859. The van der Waals surface area contributed by atoms with Crippen molar-refractivity contribution in [1.82, 2.24) is 0 Å². The maximum Gasteiger partial charge on any atom is 0.232 e. The first kappa shape index (κ1) is 15.9. The number of rotatable bonds is 5. The Balaban J connectivity index is 1.71. The highest BCUT2D eigenvalue weighted by Gasteiger charge is 2.49. The Hall–Kier alpha value is -2.61. The van der Waals surface area contributed by atoms with E-state index in [1.807, 2.05) is 18.2 Å². The van der Waals surface area contributed by atoms with Gasteiger partial charge in [0.1, 0.15) is 0 Å². The zero-order chi connectivity index (χ0) is 17.3. The molecule has 0 bridgehead atoms. The number of benzene rings is 2. The van der Waals surface area contributed by atoms with Gasteiger partial charge in [0.25, 0.3) is 0 Å². The Labute approximate surface area is 149 Å². The van der Waals surface area contributed by atoms with Crippen LogP contribution < -0.4 is 5.73 Å². The van der Waals surface area contributed by atoms with Crippen LogP contribution >= 0.6 is 0 Å². The maximum atomic E-state index is 12.7. The molecule has 0 aliphatic heterocycles. The van der Waals surface area contributed by atoms with E-state index in [0.29, 0.717) is 0 Å². The zero-order valence-corrected chi connectivity index (χ0v) is 14.4. The van der Waals surface area contributed by atoms with E-state index in [4.69, 9.17) is 5.73 Å². The first-order valence-electron chi connectivity index (χ1n) is 9.08. The van der Waals surface area contributed by atoms with E-state index in [9.17, 15) is 4.79 Å². The minimum absolute atomic E-state index is 0.218. The van der Waals surface area contributed by atoms with E-state index in [-0.39, 0.29) is 5.91 Å². The van der Waals surface area contributed by atoms with Gasteiger partial charge >= 0.3 is 0 Å². The van der Waals surface area contributed by atoms with E-state index in [1.165, 1.54) is 16.7 Å². The second-order valence-corrected chi connectivity index (χ2v) is 6.97. The molecule has 2 aliphatic carbocycles. The van der Waals surface area contributed by atoms with Gasteiger partial charge in [-0.2, -0.15) is 0 Å². The third kappa shape index (κ3) is 2.53. The van der Waals surface area contributed by atoms with Crippen LogP contribution in [0.3, 0.4) is 0 Å². The van der Waals surface area contributed by atoms with Crippen molar-refractivity contribution in [2.45, 2.75) is 37.5 Å². The Morgan fingerprint density at radius 3 is 2.48 bits per heavy atom. The molecule has 1 atom stereocenters. The lowest BCUT2D eigenvalue weighted by Crippen LogP contribution is -2.41. The van der Waals surface area contributed by atoms with Gasteiger partial charge in [0.15, 0.2) is 0 Å². The molecule has 2 N–H and O–H groups in total. The number of carbonyl (C=O) groups is 1. The number of primary amides is 1. The molecule has 0 radical (unpaired) electrons. The predicted molar refractivity (Wildman–Crippen MR) is 102 cm³/mol. The van der Waals surface area contributed by atoms with Crippen molar-refractivity contribution in [1.29, 1.82) is 0 Å². The highest BCUT2D eigenvalue weighted by molar-refractivity contribution is 6.04. The molecule has 0 saturated heterocycles. The van der Waals surface area contributed by atoms with Crippen molar-refractivity contribution in [2.75, 3.05) is 0 Å². The van der Waals surface area contributed by atoms with Gasteiger partial charge in [-0.3, -0.25) is 4.79 Å². The van der Waals surface area contributed by atoms with Crippen molar-refractivity contribution < 1.29 is 4.79 Å². The van der Waals surface area contributed by atoms with E-state index in [1.54, 1.807) is 0 Å². The molecule has 0 aromatic heterocycles. The SMILES string of the molecule is NC(=O)C1(CCCc2ccccc2)C2=CCCC=C2c2ccccc21. The summed E-state index contributed by atoms with van der Waals surface area (Å²) in [4.78, 5) is 12.7. The molecule has 2 aliphatic rings. The van der Waals surface area contributed by atoms with Gasteiger partial charge in [0.05, 0.1) is 5.41 Å². The fourth-order valence-corrected chi connectivity index (χ4v) is 4.43. The normalized spacial score (nSPS) is 21.1. The molecule has 0 heterocycles. The summed E-state index contributed by atoms with van der Waals surface area (Å²) < 4.78 is 0. The summed E-state index contributed by atoms with van der Waals surface area (Å²) in [5.41, 5.74) is 11.3. The topological polar surface area (TPSA) is 43.1 Å².